The molecule has 7 nitrogen and oxygen atoms in total. The van der Waals surface area contributed by atoms with Crippen LogP contribution in [-0.2, 0) is 15.7 Å². The molecule has 1 fully saturated rings. The molecule has 0 aliphatic carbocycles. The fraction of sp³-hybridized carbons (Fsp3) is 0.389. The zero-order chi connectivity index (χ0) is 20.1. The van der Waals surface area contributed by atoms with Crippen molar-refractivity contribution in [3.8, 4) is 0 Å². The largest absolute Gasteiger partial charge is 0.433 e. The summed E-state index contributed by atoms with van der Waals surface area (Å²) in [4.78, 5) is 22.9. The molecule has 150 valence electrons. The summed E-state index contributed by atoms with van der Waals surface area (Å²) >= 11 is 0. The number of anilines is 3. The van der Waals surface area contributed by atoms with Crippen LogP contribution in [0.25, 0.3) is 0 Å². The van der Waals surface area contributed by atoms with Crippen LogP contribution in [-0.4, -0.2) is 55.8 Å². The highest BCUT2D eigenvalue weighted by Crippen LogP contribution is 2.28. The molecule has 0 atom stereocenters. The summed E-state index contributed by atoms with van der Waals surface area (Å²) in [6, 6.07) is 8.15. The van der Waals surface area contributed by atoms with Gasteiger partial charge in [0.05, 0.1) is 19.8 Å². The molecule has 2 aromatic rings. The Hall–Kier alpha value is -2.88. The topological polar surface area (TPSA) is 70.6 Å². The monoisotopic (exact) mass is 395 g/mol. The molecule has 0 saturated carbocycles. The minimum absolute atomic E-state index is 0.173. The third-order valence-corrected chi connectivity index (χ3v) is 4.18. The van der Waals surface area contributed by atoms with Gasteiger partial charge in [-0.05, 0) is 30.3 Å². The van der Waals surface area contributed by atoms with Crippen molar-refractivity contribution in [2.75, 3.05) is 55.0 Å². The molecule has 1 aromatic carbocycles. The van der Waals surface area contributed by atoms with E-state index in [2.05, 4.69) is 20.2 Å². The van der Waals surface area contributed by atoms with Crippen LogP contribution >= 0.6 is 0 Å². The number of likely N-dealkylation sites (N-methyl/N-ethyl adjacent to an activating group) is 1. The van der Waals surface area contributed by atoms with Gasteiger partial charge in [-0.25, -0.2) is 9.97 Å². The maximum atomic E-state index is 12.7. The van der Waals surface area contributed by atoms with Gasteiger partial charge in [-0.15, -0.1) is 0 Å². The summed E-state index contributed by atoms with van der Waals surface area (Å²) in [6.07, 6.45) is -3.55. The number of nitrogens with zero attached hydrogens (tertiary/aromatic N) is 4. The lowest BCUT2D eigenvalue weighted by Crippen LogP contribution is -2.36. The number of hydrogen-bond donors (Lipinski definition) is 1. The molecule has 10 heteroatoms. The summed E-state index contributed by atoms with van der Waals surface area (Å²) in [5.74, 6) is -0.560. The number of rotatable bonds is 5. The zero-order valence-electron chi connectivity index (χ0n) is 15.2. The fourth-order valence-electron chi connectivity index (χ4n) is 2.75. The first kappa shape index (κ1) is 19.9. The van der Waals surface area contributed by atoms with Gasteiger partial charge in [0.15, 0.2) is 0 Å². The summed E-state index contributed by atoms with van der Waals surface area (Å²) in [5, 5.41) is 2.72. The van der Waals surface area contributed by atoms with E-state index >= 15 is 0 Å². The molecule has 0 radical (unpaired) electrons. The van der Waals surface area contributed by atoms with Crippen molar-refractivity contribution in [2.45, 2.75) is 6.18 Å². The number of halogens is 3. The molecule has 2 heterocycles. The number of hydrogen-bond acceptors (Lipinski definition) is 6. The van der Waals surface area contributed by atoms with E-state index in [4.69, 9.17) is 4.74 Å². The molecule has 1 aromatic heterocycles. The van der Waals surface area contributed by atoms with E-state index < -0.39 is 11.9 Å². The smallest absolute Gasteiger partial charge is 0.378 e. The Morgan fingerprint density at radius 1 is 1.21 bits per heavy atom. The van der Waals surface area contributed by atoms with E-state index in [9.17, 15) is 18.0 Å². The van der Waals surface area contributed by atoms with Gasteiger partial charge in [-0.1, -0.05) is 0 Å². The lowest BCUT2D eigenvalue weighted by Gasteiger charge is -2.28. The third-order valence-electron chi connectivity index (χ3n) is 4.18. The molecule has 1 N–H and O–H groups in total. The molecule has 0 unspecified atom stereocenters. The Balaban J connectivity index is 1.57. The molecule has 1 aliphatic heterocycles. The van der Waals surface area contributed by atoms with E-state index in [1.165, 1.54) is 11.9 Å². The second-order valence-electron chi connectivity index (χ2n) is 6.29. The molecule has 1 aliphatic rings. The second-order valence-corrected chi connectivity index (χ2v) is 6.29. The molecular weight excluding hydrogens is 375 g/mol. The van der Waals surface area contributed by atoms with Crippen molar-refractivity contribution in [3.63, 3.8) is 0 Å². The van der Waals surface area contributed by atoms with Crippen LogP contribution in [0.4, 0.5) is 30.5 Å². The number of nitrogens with one attached hydrogen (secondary N) is 1. The van der Waals surface area contributed by atoms with Gasteiger partial charge in [0.25, 0.3) is 0 Å². The van der Waals surface area contributed by atoms with Gasteiger partial charge < -0.3 is 19.9 Å². The summed E-state index contributed by atoms with van der Waals surface area (Å²) in [7, 11) is 1.45. The normalized spacial score (nSPS) is 14.6. The van der Waals surface area contributed by atoms with Crippen LogP contribution in [0, 0.1) is 0 Å². The van der Waals surface area contributed by atoms with Crippen LogP contribution in [0.15, 0.2) is 36.5 Å². The van der Waals surface area contributed by atoms with Crippen LogP contribution in [0.2, 0.25) is 0 Å². The highest BCUT2D eigenvalue weighted by molar-refractivity contribution is 5.93. The third kappa shape index (κ3) is 5.10. The Morgan fingerprint density at radius 2 is 1.89 bits per heavy atom. The van der Waals surface area contributed by atoms with E-state index in [0.717, 1.165) is 31.0 Å². The van der Waals surface area contributed by atoms with E-state index in [1.54, 1.807) is 12.1 Å². The Morgan fingerprint density at radius 3 is 2.54 bits per heavy atom. The number of aromatic nitrogens is 2. The molecule has 0 bridgehead atoms. The van der Waals surface area contributed by atoms with Gasteiger partial charge in [0.1, 0.15) is 5.69 Å². The van der Waals surface area contributed by atoms with Crippen molar-refractivity contribution in [1.29, 1.82) is 0 Å². The number of morpholine rings is 1. The molecule has 1 amide bonds. The van der Waals surface area contributed by atoms with Crippen LogP contribution in [0.5, 0.6) is 0 Å². The minimum Gasteiger partial charge on any atom is -0.378 e. The molecule has 28 heavy (non-hydrogen) atoms. The first-order valence-corrected chi connectivity index (χ1v) is 8.67. The number of carbonyl (C=O) groups excluding carboxylic acids is 1. The lowest BCUT2D eigenvalue weighted by molar-refractivity contribution is -0.141. The van der Waals surface area contributed by atoms with Gasteiger partial charge in [-0.3, -0.25) is 4.79 Å². The van der Waals surface area contributed by atoms with Crippen molar-refractivity contribution >= 4 is 23.2 Å². The van der Waals surface area contributed by atoms with Gasteiger partial charge in [0, 0.05) is 37.7 Å². The highest BCUT2D eigenvalue weighted by Gasteiger charge is 2.33. The van der Waals surface area contributed by atoms with E-state index in [-0.39, 0.29) is 18.4 Å². The van der Waals surface area contributed by atoms with Crippen LogP contribution in [0.3, 0.4) is 0 Å². The van der Waals surface area contributed by atoms with E-state index in [0.29, 0.717) is 18.9 Å². The maximum Gasteiger partial charge on any atom is 0.433 e. The van der Waals surface area contributed by atoms with Gasteiger partial charge >= 0.3 is 6.18 Å². The van der Waals surface area contributed by atoms with Gasteiger partial charge in [0.2, 0.25) is 11.9 Å². The summed E-state index contributed by atoms with van der Waals surface area (Å²) < 4.78 is 43.6. The fourth-order valence-corrected chi connectivity index (χ4v) is 2.75. The number of carbonyl (C=O) groups is 1. The maximum absolute atomic E-state index is 12.7. The first-order valence-electron chi connectivity index (χ1n) is 8.67. The van der Waals surface area contributed by atoms with Gasteiger partial charge in [-0.2, -0.15) is 13.2 Å². The average molecular weight is 395 g/mol. The predicted molar refractivity (Wildman–Crippen MR) is 98.4 cm³/mol. The van der Waals surface area contributed by atoms with E-state index in [1.807, 2.05) is 12.1 Å². The molecular formula is C18H20F3N5O2. The number of amides is 1. The second kappa shape index (κ2) is 8.42. The molecule has 0 spiro atoms. The van der Waals surface area contributed by atoms with Crippen LogP contribution in [0.1, 0.15) is 5.69 Å². The van der Waals surface area contributed by atoms with Crippen molar-refractivity contribution < 1.29 is 22.7 Å². The SMILES string of the molecule is CN(CC(=O)Nc1ccc(N2CCOCC2)cc1)c1nccc(C(F)(F)F)n1. The number of ether oxygens (including phenoxy) is 1. The standard InChI is InChI=1S/C18H20F3N5O2/c1-25(17-22-7-6-15(24-17)18(19,20)21)12-16(27)23-13-2-4-14(5-3-13)26-8-10-28-11-9-26/h2-7H,8-12H2,1H3,(H,23,27). The van der Waals surface area contributed by atoms with Crippen molar-refractivity contribution in [3.05, 3.63) is 42.2 Å². The summed E-state index contributed by atoms with van der Waals surface area (Å²) in [5.41, 5.74) is 0.583. The first-order chi connectivity index (χ1) is 13.3. The number of alkyl halides is 3. The minimum atomic E-state index is -4.57. The predicted octanol–water partition coefficient (Wildman–Crippen LogP) is 2.41. The van der Waals surface area contributed by atoms with Crippen LogP contribution < -0.4 is 15.1 Å². The van der Waals surface area contributed by atoms with Crippen molar-refractivity contribution in [2.24, 2.45) is 0 Å². The summed E-state index contributed by atoms with van der Waals surface area (Å²) in [6.45, 7) is 2.80. The number of benzene rings is 1. The highest BCUT2D eigenvalue weighted by atomic mass is 19.4. The van der Waals surface area contributed by atoms with Crippen molar-refractivity contribution in [1.82, 2.24) is 9.97 Å². The molecule has 3 rings (SSSR count). The Bertz CT molecular complexity index is 808. The quantitative estimate of drug-likeness (QED) is 0.839. The Labute approximate surface area is 160 Å². The Kier molecular flexibility index (Phi) is 5.98. The lowest BCUT2D eigenvalue weighted by atomic mass is 10.2. The average Bonchev–Trinajstić information content (AvgIpc) is 2.68. The molecule has 1 saturated heterocycles. The zero-order valence-corrected chi connectivity index (χ0v) is 15.2.